The summed E-state index contributed by atoms with van der Waals surface area (Å²) < 4.78 is 1.79. The number of benzene rings is 1. The number of aromatic nitrogens is 3. The summed E-state index contributed by atoms with van der Waals surface area (Å²) in [4.78, 5) is 7.10. The van der Waals surface area contributed by atoms with Gasteiger partial charge in [0, 0.05) is 36.2 Å². The smallest absolute Gasteiger partial charge is 0.177 e. The lowest BCUT2D eigenvalue weighted by atomic mass is 9.87. The predicted octanol–water partition coefficient (Wildman–Crippen LogP) is 3.60. The minimum atomic E-state index is 0.316. The van der Waals surface area contributed by atoms with E-state index in [9.17, 15) is 0 Å². The van der Waals surface area contributed by atoms with Crippen LogP contribution in [0, 0.1) is 0 Å². The number of imidazole rings is 1. The first kappa shape index (κ1) is 17.5. The van der Waals surface area contributed by atoms with Gasteiger partial charge in [-0.15, -0.1) is 5.10 Å². The number of anilines is 3. The van der Waals surface area contributed by atoms with E-state index in [4.69, 9.17) is 11.5 Å². The van der Waals surface area contributed by atoms with E-state index in [1.54, 1.807) is 10.7 Å². The van der Waals surface area contributed by atoms with Crippen molar-refractivity contribution >= 4 is 22.8 Å². The largest absolute Gasteiger partial charge is 0.382 e. The molecule has 6 nitrogen and oxygen atoms in total. The summed E-state index contributed by atoms with van der Waals surface area (Å²) in [6, 6.07) is 9.47. The molecule has 2 aliphatic rings. The molecular formula is C22H28N6. The van der Waals surface area contributed by atoms with Crippen LogP contribution in [-0.2, 0) is 12.8 Å². The topological polar surface area (TPSA) is 85.5 Å². The van der Waals surface area contributed by atoms with Crippen molar-refractivity contribution in [2.24, 2.45) is 5.73 Å². The summed E-state index contributed by atoms with van der Waals surface area (Å²) >= 11 is 0. The summed E-state index contributed by atoms with van der Waals surface area (Å²) in [5.41, 5.74) is 18.6. The van der Waals surface area contributed by atoms with Crippen LogP contribution in [0.4, 0.5) is 17.2 Å². The molecule has 1 fully saturated rings. The molecule has 0 saturated heterocycles. The Bertz CT molecular complexity index is 986. The van der Waals surface area contributed by atoms with E-state index in [2.05, 4.69) is 33.2 Å². The third-order valence-corrected chi connectivity index (χ3v) is 6.36. The van der Waals surface area contributed by atoms with Gasteiger partial charge in [-0.1, -0.05) is 12.1 Å². The van der Waals surface area contributed by atoms with Gasteiger partial charge in [-0.2, -0.15) is 0 Å². The van der Waals surface area contributed by atoms with Crippen molar-refractivity contribution in [1.82, 2.24) is 14.6 Å². The van der Waals surface area contributed by atoms with Gasteiger partial charge in [-0.3, -0.25) is 0 Å². The minimum absolute atomic E-state index is 0.316. The average Bonchev–Trinajstić information content (AvgIpc) is 3.18. The first-order valence-electron chi connectivity index (χ1n) is 10.5. The lowest BCUT2D eigenvalue weighted by Gasteiger charge is -2.39. The Morgan fingerprint density at radius 3 is 2.71 bits per heavy atom. The molecule has 0 atom stereocenters. The van der Waals surface area contributed by atoms with Crippen molar-refractivity contribution < 1.29 is 0 Å². The molecule has 2 aliphatic carbocycles. The van der Waals surface area contributed by atoms with E-state index in [0.29, 0.717) is 17.9 Å². The summed E-state index contributed by atoms with van der Waals surface area (Å²) in [5, 5.41) is 4.40. The highest BCUT2D eigenvalue weighted by atomic mass is 15.3. The van der Waals surface area contributed by atoms with Gasteiger partial charge in [0.25, 0.3) is 0 Å². The van der Waals surface area contributed by atoms with Crippen LogP contribution in [0.1, 0.15) is 49.7 Å². The molecule has 3 aromatic rings. The molecule has 0 radical (unpaired) electrons. The SMILES string of the molecule is Nc1cc(N(c2cccc3c2CCCC3)C2CCC(N)CC2)c2nccn2n1. The number of nitrogens with zero attached hydrogens (tertiary/aromatic N) is 4. The second-order valence-electron chi connectivity index (χ2n) is 8.21. The van der Waals surface area contributed by atoms with E-state index in [1.807, 2.05) is 12.3 Å². The Labute approximate surface area is 165 Å². The predicted molar refractivity (Wildman–Crippen MR) is 113 cm³/mol. The lowest BCUT2D eigenvalue weighted by molar-refractivity contribution is 0.391. The molecule has 2 heterocycles. The summed E-state index contributed by atoms with van der Waals surface area (Å²) in [6.45, 7) is 0. The second kappa shape index (κ2) is 7.09. The van der Waals surface area contributed by atoms with Gasteiger partial charge in [-0.25, -0.2) is 9.50 Å². The third kappa shape index (κ3) is 3.02. The number of hydrogen-bond donors (Lipinski definition) is 2. The Kier molecular flexibility index (Phi) is 4.43. The third-order valence-electron chi connectivity index (χ3n) is 6.36. The number of rotatable bonds is 3. The van der Waals surface area contributed by atoms with Crippen molar-refractivity contribution in [3.8, 4) is 0 Å². The van der Waals surface area contributed by atoms with Gasteiger partial charge in [0.05, 0.1) is 5.69 Å². The number of aryl methyl sites for hydroxylation is 1. The van der Waals surface area contributed by atoms with Crippen molar-refractivity contribution in [3.05, 3.63) is 47.8 Å². The maximum Gasteiger partial charge on any atom is 0.177 e. The highest BCUT2D eigenvalue weighted by Gasteiger charge is 2.30. The number of nitrogens with two attached hydrogens (primary N) is 2. The molecule has 4 N–H and O–H groups in total. The van der Waals surface area contributed by atoms with Gasteiger partial charge in [0.1, 0.15) is 5.82 Å². The maximum absolute atomic E-state index is 6.22. The fraction of sp³-hybridized carbons (Fsp3) is 0.455. The first-order chi connectivity index (χ1) is 13.7. The van der Waals surface area contributed by atoms with Crippen LogP contribution in [0.5, 0.6) is 0 Å². The number of hydrogen-bond acceptors (Lipinski definition) is 5. The Hall–Kier alpha value is -2.60. The van der Waals surface area contributed by atoms with Gasteiger partial charge in [-0.05, 0) is 68.6 Å². The lowest BCUT2D eigenvalue weighted by Crippen LogP contribution is -2.39. The molecule has 0 bridgehead atoms. The van der Waals surface area contributed by atoms with Crippen molar-refractivity contribution in [2.75, 3.05) is 10.6 Å². The molecule has 1 aromatic carbocycles. The van der Waals surface area contributed by atoms with Crippen LogP contribution >= 0.6 is 0 Å². The Balaban J connectivity index is 1.69. The molecule has 6 heteroatoms. The fourth-order valence-electron chi connectivity index (χ4n) is 4.97. The zero-order valence-electron chi connectivity index (χ0n) is 16.2. The molecule has 0 aliphatic heterocycles. The molecule has 0 spiro atoms. The number of fused-ring (bicyclic) bond motifs is 2. The summed E-state index contributed by atoms with van der Waals surface area (Å²) in [7, 11) is 0. The van der Waals surface area contributed by atoms with Crippen molar-refractivity contribution in [1.29, 1.82) is 0 Å². The van der Waals surface area contributed by atoms with Crippen LogP contribution < -0.4 is 16.4 Å². The van der Waals surface area contributed by atoms with Gasteiger partial charge >= 0.3 is 0 Å². The van der Waals surface area contributed by atoms with Crippen molar-refractivity contribution in [3.63, 3.8) is 0 Å². The molecule has 1 saturated carbocycles. The number of nitrogen functional groups attached to an aromatic ring is 1. The van der Waals surface area contributed by atoms with Gasteiger partial charge < -0.3 is 16.4 Å². The maximum atomic E-state index is 6.22. The van der Waals surface area contributed by atoms with Crippen LogP contribution in [0.15, 0.2) is 36.7 Å². The zero-order chi connectivity index (χ0) is 19.1. The molecular weight excluding hydrogens is 348 g/mol. The molecule has 5 rings (SSSR count). The molecule has 0 amide bonds. The Morgan fingerprint density at radius 2 is 1.86 bits per heavy atom. The summed E-state index contributed by atoms with van der Waals surface area (Å²) in [5.74, 6) is 0.516. The van der Waals surface area contributed by atoms with E-state index < -0.39 is 0 Å². The van der Waals surface area contributed by atoms with Crippen LogP contribution in [0.2, 0.25) is 0 Å². The summed E-state index contributed by atoms with van der Waals surface area (Å²) in [6.07, 6.45) is 12.8. The highest BCUT2D eigenvalue weighted by molar-refractivity contribution is 5.80. The second-order valence-corrected chi connectivity index (χ2v) is 8.21. The quantitative estimate of drug-likeness (QED) is 0.729. The van der Waals surface area contributed by atoms with E-state index >= 15 is 0 Å². The monoisotopic (exact) mass is 376 g/mol. The minimum Gasteiger partial charge on any atom is -0.382 e. The average molecular weight is 377 g/mol. The van der Waals surface area contributed by atoms with Crippen LogP contribution in [0.25, 0.3) is 5.65 Å². The molecule has 0 unspecified atom stereocenters. The van der Waals surface area contributed by atoms with E-state index in [0.717, 1.165) is 43.4 Å². The molecule has 28 heavy (non-hydrogen) atoms. The normalized spacial score (nSPS) is 22.2. The van der Waals surface area contributed by atoms with Crippen LogP contribution in [0.3, 0.4) is 0 Å². The fourth-order valence-corrected chi connectivity index (χ4v) is 4.97. The van der Waals surface area contributed by atoms with Crippen molar-refractivity contribution in [2.45, 2.75) is 63.5 Å². The van der Waals surface area contributed by atoms with Gasteiger partial charge in [0.15, 0.2) is 5.65 Å². The molecule has 146 valence electrons. The first-order valence-corrected chi connectivity index (χ1v) is 10.5. The Morgan fingerprint density at radius 1 is 1.04 bits per heavy atom. The van der Waals surface area contributed by atoms with E-state index in [-0.39, 0.29) is 0 Å². The van der Waals surface area contributed by atoms with Gasteiger partial charge in [0.2, 0.25) is 0 Å². The molecule has 2 aromatic heterocycles. The standard InChI is InChI=1S/C22H28N6/c23-16-8-10-17(11-9-16)28(19-7-3-5-15-4-1-2-6-18(15)19)20-14-21(24)26-27-13-12-25-22(20)27/h3,5,7,12-14,16-17H,1-2,4,6,8-11,23H2,(H2,24,26). The van der Waals surface area contributed by atoms with Crippen LogP contribution in [-0.4, -0.2) is 26.7 Å². The van der Waals surface area contributed by atoms with E-state index in [1.165, 1.54) is 36.1 Å². The zero-order valence-corrected chi connectivity index (χ0v) is 16.2. The highest BCUT2D eigenvalue weighted by Crippen LogP contribution is 2.40.